The van der Waals surface area contributed by atoms with Gasteiger partial charge in [0.15, 0.2) is 0 Å². The van der Waals surface area contributed by atoms with Crippen molar-refractivity contribution >= 4 is 11.6 Å². The third-order valence-electron chi connectivity index (χ3n) is 4.94. The summed E-state index contributed by atoms with van der Waals surface area (Å²) in [5.41, 5.74) is 3.77. The molecule has 0 amide bonds. The van der Waals surface area contributed by atoms with Crippen molar-refractivity contribution in [3.8, 4) is 0 Å². The molecule has 0 aliphatic carbocycles. The molecule has 2 unspecified atom stereocenters. The van der Waals surface area contributed by atoms with Crippen molar-refractivity contribution in [3.63, 3.8) is 0 Å². The smallest absolute Gasteiger partial charge is 0.0747 e. The molecule has 128 valence electrons. The van der Waals surface area contributed by atoms with E-state index >= 15 is 0 Å². The van der Waals surface area contributed by atoms with Crippen LogP contribution < -0.4 is 0 Å². The van der Waals surface area contributed by atoms with Crippen molar-refractivity contribution < 1.29 is 5.11 Å². The molecule has 0 saturated carbocycles. The van der Waals surface area contributed by atoms with E-state index in [1.54, 1.807) is 0 Å². The second-order valence-corrected chi connectivity index (χ2v) is 7.23. The van der Waals surface area contributed by atoms with Gasteiger partial charge in [0.25, 0.3) is 0 Å². The maximum absolute atomic E-state index is 10.6. The summed E-state index contributed by atoms with van der Waals surface area (Å²) in [6.07, 6.45) is 2.94. The third-order valence-corrected chi connectivity index (χ3v) is 5.17. The molecular formula is C21H26ClNO. The van der Waals surface area contributed by atoms with Crippen LogP contribution >= 0.6 is 11.6 Å². The van der Waals surface area contributed by atoms with E-state index < -0.39 is 0 Å². The lowest BCUT2D eigenvalue weighted by Crippen LogP contribution is -2.22. The van der Waals surface area contributed by atoms with Crippen LogP contribution in [0.25, 0.3) is 0 Å². The fourth-order valence-corrected chi connectivity index (χ4v) is 3.80. The molecule has 3 heteroatoms. The second-order valence-electron chi connectivity index (χ2n) is 6.79. The number of hydrogen-bond acceptors (Lipinski definition) is 2. The number of aliphatic hydroxyl groups is 1. The summed E-state index contributed by atoms with van der Waals surface area (Å²) < 4.78 is 0. The fourth-order valence-electron chi connectivity index (χ4n) is 3.62. The van der Waals surface area contributed by atoms with Crippen LogP contribution in [0.2, 0.25) is 5.02 Å². The van der Waals surface area contributed by atoms with Crippen LogP contribution in [0, 0.1) is 0 Å². The molecule has 1 aliphatic rings. The molecule has 1 aliphatic heterocycles. The predicted molar refractivity (Wildman–Crippen MR) is 101 cm³/mol. The Kier molecular flexibility index (Phi) is 5.94. The van der Waals surface area contributed by atoms with Gasteiger partial charge >= 0.3 is 0 Å². The first kappa shape index (κ1) is 17.5. The summed E-state index contributed by atoms with van der Waals surface area (Å²) in [5.74, 6) is 0.152. The van der Waals surface area contributed by atoms with E-state index in [-0.39, 0.29) is 12.0 Å². The molecule has 1 saturated heterocycles. The maximum atomic E-state index is 10.6. The highest BCUT2D eigenvalue weighted by molar-refractivity contribution is 6.30. The highest BCUT2D eigenvalue weighted by atomic mass is 35.5. The number of hydrogen-bond donors (Lipinski definition) is 1. The number of likely N-dealkylation sites (tertiary alicyclic amines) is 1. The van der Waals surface area contributed by atoms with Gasteiger partial charge in [-0.25, -0.2) is 0 Å². The Hall–Kier alpha value is -1.35. The van der Waals surface area contributed by atoms with E-state index in [1.165, 1.54) is 29.5 Å². The molecule has 0 aromatic heterocycles. The zero-order chi connectivity index (χ0) is 16.9. The topological polar surface area (TPSA) is 23.5 Å². The number of benzene rings is 2. The van der Waals surface area contributed by atoms with Gasteiger partial charge in [0.2, 0.25) is 0 Å². The quantitative estimate of drug-likeness (QED) is 0.835. The zero-order valence-electron chi connectivity index (χ0n) is 14.3. The Morgan fingerprint density at radius 1 is 1.12 bits per heavy atom. The van der Waals surface area contributed by atoms with Gasteiger partial charge in [0.1, 0.15) is 0 Å². The van der Waals surface area contributed by atoms with Crippen molar-refractivity contribution in [3.05, 3.63) is 70.2 Å². The highest BCUT2D eigenvalue weighted by Gasteiger charge is 2.33. The predicted octanol–water partition coefficient (Wildman–Crippen LogP) is 4.49. The van der Waals surface area contributed by atoms with E-state index in [2.05, 4.69) is 48.2 Å². The molecule has 2 atom stereocenters. The van der Waals surface area contributed by atoms with Crippen LogP contribution in [0.3, 0.4) is 0 Å². The van der Waals surface area contributed by atoms with Gasteiger partial charge in [-0.1, -0.05) is 61.3 Å². The lowest BCUT2D eigenvalue weighted by molar-refractivity contribution is 0.164. The SMILES string of the molecule is CCCCN1CC(O)C(c2cc(Cl)ccc2Cc2ccccc2)C1. The molecule has 1 fully saturated rings. The third kappa shape index (κ3) is 4.18. The van der Waals surface area contributed by atoms with Gasteiger partial charge in [0.05, 0.1) is 6.10 Å². The lowest BCUT2D eigenvalue weighted by atomic mass is 9.89. The van der Waals surface area contributed by atoms with Gasteiger partial charge in [0, 0.05) is 24.0 Å². The highest BCUT2D eigenvalue weighted by Crippen LogP contribution is 2.33. The van der Waals surface area contributed by atoms with Crippen molar-refractivity contribution in [2.24, 2.45) is 0 Å². The number of nitrogens with zero attached hydrogens (tertiary/aromatic N) is 1. The maximum Gasteiger partial charge on any atom is 0.0747 e. The molecule has 0 radical (unpaired) electrons. The van der Waals surface area contributed by atoms with E-state index in [1.807, 2.05) is 12.1 Å². The van der Waals surface area contributed by atoms with Crippen LogP contribution in [-0.4, -0.2) is 35.7 Å². The van der Waals surface area contributed by atoms with Gasteiger partial charge in [-0.05, 0) is 48.2 Å². The number of β-amino-alcohol motifs (C(OH)–C–C–N with tert-alkyl or cyclic N) is 1. The Morgan fingerprint density at radius 3 is 2.67 bits per heavy atom. The lowest BCUT2D eigenvalue weighted by Gasteiger charge is -2.19. The Labute approximate surface area is 150 Å². The van der Waals surface area contributed by atoms with Crippen molar-refractivity contribution in [2.75, 3.05) is 19.6 Å². The molecule has 24 heavy (non-hydrogen) atoms. The van der Waals surface area contributed by atoms with Crippen molar-refractivity contribution in [1.82, 2.24) is 4.90 Å². The van der Waals surface area contributed by atoms with Gasteiger partial charge in [-0.2, -0.15) is 0 Å². The summed E-state index contributed by atoms with van der Waals surface area (Å²) in [4.78, 5) is 2.38. The largest absolute Gasteiger partial charge is 0.391 e. The summed E-state index contributed by atoms with van der Waals surface area (Å²) in [6.45, 7) is 4.96. The van der Waals surface area contributed by atoms with Crippen LogP contribution in [-0.2, 0) is 6.42 Å². The van der Waals surface area contributed by atoms with E-state index in [4.69, 9.17) is 11.6 Å². The van der Waals surface area contributed by atoms with E-state index in [9.17, 15) is 5.11 Å². The van der Waals surface area contributed by atoms with Crippen molar-refractivity contribution in [1.29, 1.82) is 0 Å². The number of aliphatic hydroxyl groups excluding tert-OH is 1. The monoisotopic (exact) mass is 343 g/mol. The minimum atomic E-state index is -0.310. The first-order valence-electron chi connectivity index (χ1n) is 8.90. The van der Waals surface area contributed by atoms with Gasteiger partial charge < -0.3 is 10.0 Å². The summed E-state index contributed by atoms with van der Waals surface area (Å²) in [6, 6.07) is 16.6. The Morgan fingerprint density at radius 2 is 1.92 bits per heavy atom. The first-order chi connectivity index (χ1) is 11.7. The van der Waals surface area contributed by atoms with Gasteiger partial charge in [-0.15, -0.1) is 0 Å². The Balaban J connectivity index is 1.83. The van der Waals surface area contributed by atoms with Crippen LogP contribution in [0.15, 0.2) is 48.5 Å². The average Bonchev–Trinajstić information content (AvgIpc) is 2.96. The van der Waals surface area contributed by atoms with E-state index in [0.717, 1.165) is 31.1 Å². The summed E-state index contributed by atoms with van der Waals surface area (Å²) >= 11 is 6.27. The van der Waals surface area contributed by atoms with Crippen molar-refractivity contribution in [2.45, 2.75) is 38.2 Å². The van der Waals surface area contributed by atoms with Crippen LogP contribution in [0.5, 0.6) is 0 Å². The number of rotatable bonds is 6. The molecule has 0 spiro atoms. The fraction of sp³-hybridized carbons (Fsp3) is 0.429. The van der Waals surface area contributed by atoms with Crippen LogP contribution in [0.1, 0.15) is 42.4 Å². The van der Waals surface area contributed by atoms with Gasteiger partial charge in [-0.3, -0.25) is 0 Å². The second kappa shape index (κ2) is 8.15. The average molecular weight is 344 g/mol. The summed E-state index contributed by atoms with van der Waals surface area (Å²) in [7, 11) is 0. The zero-order valence-corrected chi connectivity index (χ0v) is 15.0. The molecule has 0 bridgehead atoms. The molecule has 2 nitrogen and oxygen atoms in total. The molecule has 1 N–H and O–H groups in total. The molecular weight excluding hydrogens is 318 g/mol. The van der Waals surface area contributed by atoms with E-state index in [0.29, 0.717) is 0 Å². The number of unbranched alkanes of at least 4 members (excludes halogenated alkanes) is 1. The Bertz CT molecular complexity index is 658. The minimum Gasteiger partial charge on any atom is -0.391 e. The summed E-state index contributed by atoms with van der Waals surface area (Å²) in [5, 5.41) is 11.4. The standard InChI is InChI=1S/C21H26ClNO/c1-2-3-11-23-14-20(21(24)15-23)19-13-18(22)10-9-17(19)12-16-7-5-4-6-8-16/h4-10,13,20-21,24H,2-3,11-12,14-15H2,1H3. The normalized spacial score (nSPS) is 21.3. The molecule has 1 heterocycles. The number of halogens is 1. The molecule has 2 aromatic carbocycles. The first-order valence-corrected chi connectivity index (χ1v) is 9.28. The molecule has 2 aromatic rings. The van der Waals surface area contributed by atoms with Crippen LogP contribution in [0.4, 0.5) is 0 Å². The molecule has 3 rings (SSSR count). The minimum absolute atomic E-state index is 0.152.